The van der Waals surface area contributed by atoms with E-state index >= 15 is 0 Å². The molecule has 2 atom stereocenters. The standard InChI is InChI=1S/C16H26N2O2/c1-4-18-9-10-19-14(11-18)12-20-16-8-6-5-7-15(16)13(2)17-3/h5-8,13-14,17H,4,9-12H2,1-3H3. The molecule has 0 spiro atoms. The van der Waals surface area contributed by atoms with Crippen molar-refractivity contribution < 1.29 is 9.47 Å². The highest BCUT2D eigenvalue weighted by Gasteiger charge is 2.20. The number of benzene rings is 1. The van der Waals surface area contributed by atoms with Gasteiger partial charge in [0.05, 0.1) is 6.61 Å². The minimum atomic E-state index is 0.168. The third kappa shape index (κ3) is 3.95. The zero-order valence-corrected chi connectivity index (χ0v) is 12.8. The Morgan fingerprint density at radius 3 is 3.00 bits per heavy atom. The van der Waals surface area contributed by atoms with Gasteiger partial charge in [-0.05, 0) is 26.6 Å². The Kier molecular flexibility index (Phi) is 5.83. The van der Waals surface area contributed by atoms with Gasteiger partial charge in [0.25, 0.3) is 0 Å². The Balaban J connectivity index is 1.93. The first-order valence-electron chi connectivity index (χ1n) is 7.47. The molecule has 1 aromatic carbocycles. The van der Waals surface area contributed by atoms with Crippen molar-refractivity contribution in [3.63, 3.8) is 0 Å². The van der Waals surface area contributed by atoms with Crippen LogP contribution in [0.3, 0.4) is 0 Å². The van der Waals surface area contributed by atoms with Crippen molar-refractivity contribution in [2.75, 3.05) is 39.9 Å². The van der Waals surface area contributed by atoms with E-state index in [1.807, 2.05) is 25.2 Å². The van der Waals surface area contributed by atoms with Crippen LogP contribution in [0.1, 0.15) is 25.5 Å². The van der Waals surface area contributed by atoms with E-state index < -0.39 is 0 Å². The van der Waals surface area contributed by atoms with Crippen LogP contribution < -0.4 is 10.1 Å². The van der Waals surface area contributed by atoms with Gasteiger partial charge in [-0.2, -0.15) is 0 Å². The first-order chi connectivity index (χ1) is 9.74. The number of nitrogens with one attached hydrogen (secondary N) is 1. The fourth-order valence-electron chi connectivity index (χ4n) is 2.48. The normalized spacial score (nSPS) is 21.6. The first kappa shape index (κ1) is 15.3. The number of ether oxygens (including phenoxy) is 2. The summed E-state index contributed by atoms with van der Waals surface area (Å²) in [6.07, 6.45) is 0.168. The number of hydrogen-bond acceptors (Lipinski definition) is 4. The summed E-state index contributed by atoms with van der Waals surface area (Å²) in [4.78, 5) is 2.40. The molecule has 0 aromatic heterocycles. The molecule has 1 heterocycles. The van der Waals surface area contributed by atoms with E-state index in [1.165, 1.54) is 5.56 Å². The third-order valence-electron chi connectivity index (χ3n) is 3.91. The monoisotopic (exact) mass is 278 g/mol. The quantitative estimate of drug-likeness (QED) is 0.863. The summed E-state index contributed by atoms with van der Waals surface area (Å²) >= 11 is 0. The van der Waals surface area contributed by atoms with Crippen molar-refractivity contribution in [1.29, 1.82) is 0 Å². The maximum Gasteiger partial charge on any atom is 0.124 e. The van der Waals surface area contributed by atoms with Crippen molar-refractivity contribution in [1.82, 2.24) is 10.2 Å². The molecule has 0 radical (unpaired) electrons. The van der Waals surface area contributed by atoms with Crippen LogP contribution in [0.5, 0.6) is 5.75 Å². The summed E-state index contributed by atoms with van der Waals surface area (Å²) in [5, 5.41) is 3.26. The molecule has 0 aliphatic carbocycles. The van der Waals surface area contributed by atoms with Crippen molar-refractivity contribution in [3.8, 4) is 5.75 Å². The molecule has 1 aromatic rings. The highest BCUT2D eigenvalue weighted by Crippen LogP contribution is 2.24. The smallest absolute Gasteiger partial charge is 0.124 e. The molecule has 112 valence electrons. The molecule has 1 aliphatic heterocycles. The molecule has 4 nitrogen and oxygen atoms in total. The first-order valence-corrected chi connectivity index (χ1v) is 7.47. The fraction of sp³-hybridized carbons (Fsp3) is 0.625. The van der Waals surface area contributed by atoms with E-state index in [9.17, 15) is 0 Å². The number of para-hydroxylation sites is 1. The van der Waals surface area contributed by atoms with Gasteiger partial charge in [0.2, 0.25) is 0 Å². The van der Waals surface area contributed by atoms with Crippen molar-refractivity contribution in [2.24, 2.45) is 0 Å². The summed E-state index contributed by atoms with van der Waals surface area (Å²) in [5.41, 5.74) is 1.19. The highest BCUT2D eigenvalue weighted by atomic mass is 16.5. The fourth-order valence-corrected chi connectivity index (χ4v) is 2.48. The minimum Gasteiger partial charge on any atom is -0.490 e. The Morgan fingerprint density at radius 1 is 1.45 bits per heavy atom. The van der Waals surface area contributed by atoms with E-state index in [2.05, 4.69) is 30.1 Å². The summed E-state index contributed by atoms with van der Waals surface area (Å²) < 4.78 is 11.8. The van der Waals surface area contributed by atoms with Gasteiger partial charge in [-0.1, -0.05) is 25.1 Å². The lowest BCUT2D eigenvalue weighted by molar-refractivity contribution is -0.0465. The van der Waals surface area contributed by atoms with Gasteiger partial charge in [0.1, 0.15) is 18.5 Å². The molecule has 0 saturated carbocycles. The van der Waals surface area contributed by atoms with Gasteiger partial charge in [-0.3, -0.25) is 4.90 Å². The second-order valence-corrected chi connectivity index (χ2v) is 5.25. The van der Waals surface area contributed by atoms with E-state index in [4.69, 9.17) is 9.47 Å². The van der Waals surface area contributed by atoms with Crippen LogP contribution in [0.2, 0.25) is 0 Å². The predicted octanol–water partition coefficient (Wildman–Crippen LogP) is 2.07. The van der Waals surface area contributed by atoms with Crippen LogP contribution in [-0.2, 0) is 4.74 Å². The number of nitrogens with zero attached hydrogens (tertiary/aromatic N) is 1. The van der Waals surface area contributed by atoms with Gasteiger partial charge in [-0.25, -0.2) is 0 Å². The van der Waals surface area contributed by atoms with Crippen LogP contribution in [0.15, 0.2) is 24.3 Å². The summed E-state index contributed by atoms with van der Waals surface area (Å²) in [6.45, 7) is 8.81. The average molecular weight is 278 g/mol. The van der Waals surface area contributed by atoms with E-state index in [1.54, 1.807) is 0 Å². The topological polar surface area (TPSA) is 33.7 Å². The second-order valence-electron chi connectivity index (χ2n) is 5.25. The summed E-state index contributed by atoms with van der Waals surface area (Å²) in [5.74, 6) is 0.951. The third-order valence-corrected chi connectivity index (χ3v) is 3.91. The number of hydrogen-bond donors (Lipinski definition) is 1. The average Bonchev–Trinajstić information content (AvgIpc) is 2.52. The lowest BCUT2D eigenvalue weighted by Gasteiger charge is -2.32. The van der Waals surface area contributed by atoms with E-state index in [0.29, 0.717) is 6.61 Å². The Labute approximate surface area is 122 Å². The Bertz CT molecular complexity index is 411. The molecule has 1 saturated heterocycles. The van der Waals surface area contributed by atoms with E-state index in [-0.39, 0.29) is 12.1 Å². The minimum absolute atomic E-state index is 0.168. The molecule has 2 rings (SSSR count). The molecule has 2 unspecified atom stereocenters. The number of rotatable bonds is 6. The molecular weight excluding hydrogens is 252 g/mol. The molecule has 0 bridgehead atoms. The van der Waals surface area contributed by atoms with Gasteiger partial charge >= 0.3 is 0 Å². The van der Waals surface area contributed by atoms with Crippen LogP contribution in [0.4, 0.5) is 0 Å². The SMILES string of the molecule is CCN1CCOC(COc2ccccc2C(C)NC)C1. The largest absolute Gasteiger partial charge is 0.490 e. The molecule has 20 heavy (non-hydrogen) atoms. The van der Waals surface area contributed by atoms with Crippen molar-refractivity contribution in [2.45, 2.75) is 26.0 Å². The Hall–Kier alpha value is -1.10. The van der Waals surface area contributed by atoms with Crippen LogP contribution in [0, 0.1) is 0 Å². The maximum atomic E-state index is 6.00. The molecule has 4 heteroatoms. The zero-order valence-electron chi connectivity index (χ0n) is 12.8. The maximum absolute atomic E-state index is 6.00. The lowest BCUT2D eigenvalue weighted by atomic mass is 10.1. The number of likely N-dealkylation sites (N-methyl/N-ethyl adjacent to an activating group) is 1. The summed E-state index contributed by atoms with van der Waals surface area (Å²) in [6, 6.07) is 8.48. The van der Waals surface area contributed by atoms with Gasteiger partial charge < -0.3 is 14.8 Å². The van der Waals surface area contributed by atoms with Gasteiger partial charge in [0.15, 0.2) is 0 Å². The van der Waals surface area contributed by atoms with Gasteiger partial charge in [0, 0.05) is 24.7 Å². The van der Waals surface area contributed by atoms with Gasteiger partial charge in [-0.15, -0.1) is 0 Å². The van der Waals surface area contributed by atoms with Crippen LogP contribution in [0.25, 0.3) is 0 Å². The summed E-state index contributed by atoms with van der Waals surface area (Å²) in [7, 11) is 1.96. The molecule has 1 aliphatic rings. The molecular formula is C16H26N2O2. The lowest BCUT2D eigenvalue weighted by Crippen LogP contribution is -2.44. The highest BCUT2D eigenvalue weighted by molar-refractivity contribution is 5.35. The second kappa shape index (κ2) is 7.62. The zero-order chi connectivity index (χ0) is 14.4. The van der Waals surface area contributed by atoms with Crippen molar-refractivity contribution in [3.05, 3.63) is 29.8 Å². The number of morpholine rings is 1. The van der Waals surface area contributed by atoms with Crippen molar-refractivity contribution >= 4 is 0 Å². The molecule has 1 N–H and O–H groups in total. The Morgan fingerprint density at radius 2 is 2.25 bits per heavy atom. The predicted molar refractivity (Wildman–Crippen MR) is 81.3 cm³/mol. The van der Waals surface area contributed by atoms with Crippen LogP contribution in [-0.4, -0.2) is 50.9 Å². The van der Waals surface area contributed by atoms with Crippen LogP contribution >= 0.6 is 0 Å². The van der Waals surface area contributed by atoms with E-state index in [0.717, 1.165) is 32.0 Å². The molecule has 1 fully saturated rings. The molecule has 0 amide bonds.